The summed E-state index contributed by atoms with van der Waals surface area (Å²) in [5.41, 5.74) is 2.21. The second-order valence-electron chi connectivity index (χ2n) is 13.5. The quantitative estimate of drug-likeness (QED) is 0.125. The second kappa shape index (κ2) is 16.0. The summed E-state index contributed by atoms with van der Waals surface area (Å²) in [6, 6.07) is 32.8. The minimum atomic E-state index is -1.52. The van der Waals surface area contributed by atoms with E-state index in [0.717, 1.165) is 16.3 Å². The van der Waals surface area contributed by atoms with Crippen LogP contribution in [-0.4, -0.2) is 59.5 Å². The van der Waals surface area contributed by atoms with Crippen LogP contribution in [0.2, 0.25) is 0 Å². The van der Waals surface area contributed by atoms with Gasteiger partial charge in [0.05, 0.1) is 18.1 Å². The van der Waals surface area contributed by atoms with Gasteiger partial charge in [-0.1, -0.05) is 84.9 Å². The van der Waals surface area contributed by atoms with E-state index in [1.54, 1.807) is 62.4 Å². The predicted molar refractivity (Wildman–Crippen MR) is 201 cm³/mol. The smallest absolute Gasteiger partial charge is 0.408 e. The SMILES string of the molecule is C[C@H](NC(=O)C(C)(Cc1cn(C(=O)c2ccccc2COC(=O)CN(C)C)c2ccccc12)NC(=O)OCc1cc2ccccc2o1)c1ccccc1. The van der Waals surface area contributed by atoms with Gasteiger partial charge in [-0.05, 0) is 63.3 Å². The Hall–Kier alpha value is -6.20. The molecule has 0 spiro atoms. The molecule has 0 saturated heterocycles. The first-order valence-electron chi connectivity index (χ1n) is 17.3. The summed E-state index contributed by atoms with van der Waals surface area (Å²) in [7, 11) is 3.54. The van der Waals surface area contributed by atoms with Crippen molar-refractivity contribution in [3.63, 3.8) is 0 Å². The topological polar surface area (TPSA) is 132 Å². The molecule has 0 aliphatic rings. The Morgan fingerprint density at radius 1 is 0.830 bits per heavy atom. The summed E-state index contributed by atoms with van der Waals surface area (Å²) in [6.45, 7) is 3.40. The maximum Gasteiger partial charge on any atom is 0.408 e. The highest BCUT2D eigenvalue weighted by Gasteiger charge is 2.38. The zero-order valence-corrected chi connectivity index (χ0v) is 30.1. The Morgan fingerprint density at radius 3 is 2.30 bits per heavy atom. The number of amides is 2. The largest absolute Gasteiger partial charge is 0.460 e. The normalized spacial score (nSPS) is 13.0. The molecule has 53 heavy (non-hydrogen) atoms. The zero-order chi connectivity index (χ0) is 37.5. The van der Waals surface area contributed by atoms with E-state index in [4.69, 9.17) is 13.9 Å². The number of esters is 1. The summed E-state index contributed by atoms with van der Waals surface area (Å²) in [4.78, 5) is 55.8. The van der Waals surface area contributed by atoms with E-state index < -0.39 is 23.5 Å². The molecule has 0 radical (unpaired) electrons. The molecule has 2 aromatic heterocycles. The third kappa shape index (κ3) is 8.65. The monoisotopic (exact) mass is 714 g/mol. The van der Waals surface area contributed by atoms with Gasteiger partial charge in [-0.3, -0.25) is 23.9 Å². The molecule has 4 aromatic carbocycles. The molecule has 0 fully saturated rings. The number of benzene rings is 4. The molecule has 0 saturated carbocycles. The zero-order valence-electron chi connectivity index (χ0n) is 30.1. The lowest BCUT2D eigenvalue weighted by Gasteiger charge is -2.30. The minimum Gasteiger partial charge on any atom is -0.460 e. The maximum absolute atomic E-state index is 14.2. The van der Waals surface area contributed by atoms with Crippen LogP contribution in [0.4, 0.5) is 4.79 Å². The van der Waals surface area contributed by atoms with Crippen LogP contribution in [0, 0.1) is 0 Å². The lowest BCUT2D eigenvalue weighted by atomic mass is 9.91. The first kappa shape index (κ1) is 36.6. The van der Waals surface area contributed by atoms with Crippen molar-refractivity contribution in [1.29, 1.82) is 0 Å². The van der Waals surface area contributed by atoms with Crippen molar-refractivity contribution in [2.75, 3.05) is 20.6 Å². The Labute approximate surface area is 307 Å². The summed E-state index contributed by atoms with van der Waals surface area (Å²) >= 11 is 0. The predicted octanol–water partition coefficient (Wildman–Crippen LogP) is 6.79. The lowest BCUT2D eigenvalue weighted by molar-refractivity contribution is -0.145. The Morgan fingerprint density at radius 2 is 1.53 bits per heavy atom. The van der Waals surface area contributed by atoms with Gasteiger partial charge in [0.1, 0.15) is 23.5 Å². The molecule has 11 nitrogen and oxygen atoms in total. The number of para-hydroxylation sites is 2. The molecule has 0 aliphatic carbocycles. The van der Waals surface area contributed by atoms with E-state index >= 15 is 0 Å². The van der Waals surface area contributed by atoms with Crippen LogP contribution in [0.1, 0.15) is 52.7 Å². The average Bonchev–Trinajstić information content (AvgIpc) is 3.74. The van der Waals surface area contributed by atoms with Gasteiger partial charge in [0.15, 0.2) is 6.61 Å². The van der Waals surface area contributed by atoms with Crippen LogP contribution in [-0.2, 0) is 38.7 Å². The van der Waals surface area contributed by atoms with Gasteiger partial charge in [0.25, 0.3) is 5.91 Å². The summed E-state index contributed by atoms with van der Waals surface area (Å²) in [6.07, 6.45) is 0.896. The number of aromatic nitrogens is 1. The Balaban J connectivity index is 1.28. The van der Waals surface area contributed by atoms with Crippen molar-refractivity contribution in [3.05, 3.63) is 143 Å². The number of fused-ring (bicyclic) bond motifs is 2. The number of alkyl carbamates (subject to hydrolysis) is 1. The summed E-state index contributed by atoms with van der Waals surface area (Å²) < 4.78 is 18.4. The van der Waals surface area contributed by atoms with Gasteiger partial charge in [-0.15, -0.1) is 0 Å². The van der Waals surface area contributed by atoms with Gasteiger partial charge in [-0.2, -0.15) is 0 Å². The van der Waals surface area contributed by atoms with Gasteiger partial charge >= 0.3 is 12.1 Å². The number of carbonyl (C=O) groups excluding carboxylic acids is 4. The molecule has 272 valence electrons. The van der Waals surface area contributed by atoms with Gasteiger partial charge in [0.2, 0.25) is 5.91 Å². The Kier molecular flexibility index (Phi) is 11.0. The third-order valence-corrected chi connectivity index (χ3v) is 8.99. The highest BCUT2D eigenvalue weighted by atomic mass is 16.6. The van der Waals surface area contributed by atoms with Gasteiger partial charge < -0.3 is 24.5 Å². The van der Waals surface area contributed by atoms with Crippen molar-refractivity contribution < 1.29 is 33.1 Å². The molecular weight excluding hydrogens is 672 g/mol. The Bertz CT molecular complexity index is 2220. The van der Waals surface area contributed by atoms with E-state index in [0.29, 0.717) is 33.6 Å². The standard InChI is InChI=1S/C42H42N4O7/c1-28(29-14-6-5-7-15-29)43-40(49)42(2,44-41(50)52-27-33-22-30-16-9-13-21-37(30)53-33)23-32-24-46(36-20-12-11-18-34(32)36)39(48)35-19-10-8-17-31(35)26-51-38(47)25-45(3)4/h5-22,24,28H,23,25-27H2,1-4H3,(H,43,49)(H,44,50)/t28-,42?/m0/s1. The van der Waals surface area contributed by atoms with E-state index in [1.165, 1.54) is 4.57 Å². The summed E-state index contributed by atoms with van der Waals surface area (Å²) in [5, 5.41) is 7.48. The molecule has 0 aliphatic heterocycles. The molecule has 2 amide bonds. The minimum absolute atomic E-state index is 0.0185. The van der Waals surface area contributed by atoms with Gasteiger partial charge in [0, 0.05) is 34.5 Å². The van der Waals surface area contributed by atoms with Gasteiger partial charge in [-0.25, -0.2) is 4.79 Å². The number of nitrogens with zero attached hydrogens (tertiary/aromatic N) is 2. The van der Waals surface area contributed by atoms with Crippen molar-refractivity contribution in [2.45, 2.75) is 45.1 Å². The second-order valence-corrected chi connectivity index (χ2v) is 13.5. The van der Waals surface area contributed by atoms with Crippen LogP contribution in [0.25, 0.3) is 21.9 Å². The first-order chi connectivity index (χ1) is 25.5. The third-order valence-electron chi connectivity index (χ3n) is 8.99. The molecule has 6 aromatic rings. The summed E-state index contributed by atoms with van der Waals surface area (Å²) in [5.74, 6) is -0.732. The van der Waals surface area contributed by atoms with E-state index in [9.17, 15) is 19.2 Å². The van der Waals surface area contributed by atoms with Crippen molar-refractivity contribution in [1.82, 2.24) is 20.1 Å². The van der Waals surface area contributed by atoms with Crippen LogP contribution in [0.5, 0.6) is 0 Å². The molecule has 2 heterocycles. The number of nitrogens with one attached hydrogen (secondary N) is 2. The molecule has 1 unspecified atom stereocenters. The van der Waals surface area contributed by atoms with Crippen molar-refractivity contribution in [3.8, 4) is 0 Å². The molecular formula is C42H42N4O7. The van der Waals surface area contributed by atoms with Crippen molar-refractivity contribution >= 4 is 45.7 Å². The van der Waals surface area contributed by atoms with Crippen LogP contribution >= 0.6 is 0 Å². The van der Waals surface area contributed by atoms with E-state index in [-0.39, 0.29) is 38.1 Å². The number of furan rings is 1. The molecule has 6 rings (SSSR count). The molecule has 2 N–H and O–H groups in total. The number of hydrogen-bond acceptors (Lipinski definition) is 8. The van der Waals surface area contributed by atoms with E-state index in [1.807, 2.05) is 85.8 Å². The van der Waals surface area contributed by atoms with Crippen molar-refractivity contribution in [2.24, 2.45) is 0 Å². The number of ether oxygens (including phenoxy) is 2. The highest BCUT2D eigenvalue weighted by Crippen LogP contribution is 2.28. The molecule has 2 atom stereocenters. The van der Waals surface area contributed by atoms with Crippen LogP contribution < -0.4 is 10.6 Å². The number of likely N-dealkylation sites (N-methyl/N-ethyl adjacent to an activating group) is 1. The first-order valence-corrected chi connectivity index (χ1v) is 17.3. The number of hydrogen-bond donors (Lipinski definition) is 2. The fourth-order valence-electron chi connectivity index (χ4n) is 6.25. The van der Waals surface area contributed by atoms with E-state index in [2.05, 4.69) is 10.6 Å². The molecule has 11 heteroatoms. The highest BCUT2D eigenvalue weighted by molar-refractivity contribution is 6.04. The van der Waals surface area contributed by atoms with Crippen LogP contribution in [0.3, 0.4) is 0 Å². The fraction of sp³-hybridized carbons (Fsp3) is 0.238. The lowest BCUT2D eigenvalue weighted by Crippen LogP contribution is -2.58. The van der Waals surface area contributed by atoms with Crippen LogP contribution in [0.15, 0.2) is 120 Å². The number of rotatable bonds is 13. The average molecular weight is 715 g/mol. The maximum atomic E-state index is 14.2. The number of carbonyl (C=O) groups is 4. The molecule has 0 bridgehead atoms. The fourth-order valence-corrected chi connectivity index (χ4v) is 6.25.